The minimum atomic E-state index is -0.162. The zero-order chi connectivity index (χ0) is 15.3. The molecular weight excluding hydrogens is 248 g/mol. The maximum absolute atomic E-state index is 12.2. The van der Waals surface area contributed by atoms with E-state index in [0.717, 1.165) is 5.92 Å². The van der Waals surface area contributed by atoms with Gasteiger partial charge in [0, 0.05) is 11.6 Å². The maximum Gasteiger partial charge on any atom is 0.237 e. The number of fused-ring (bicyclic) bond motifs is 2. The second kappa shape index (κ2) is 4.72. The minimum absolute atomic E-state index is 0.113. The summed E-state index contributed by atoms with van der Waals surface area (Å²) in [6.07, 6.45) is 3.86. The van der Waals surface area contributed by atoms with Crippen molar-refractivity contribution >= 4 is 5.91 Å². The summed E-state index contributed by atoms with van der Waals surface area (Å²) in [5.41, 5.74) is 0.559. The summed E-state index contributed by atoms with van der Waals surface area (Å²) in [7, 11) is 0. The molecule has 0 spiro atoms. The fraction of sp³-hybridized carbons (Fsp3) is 0.941. The number of amides is 1. The molecule has 2 rings (SSSR count). The van der Waals surface area contributed by atoms with Gasteiger partial charge in [-0.2, -0.15) is 0 Å². The standard InChI is InChI=1S/C17H32N2O/c1-11(14(20)19-15(2,3)4)18-13-10-12-8-9-17(13,7)16(12,5)6/h11-13,18H,8-10H2,1-7H3,(H,19,20). The molecule has 4 atom stereocenters. The number of rotatable bonds is 3. The molecule has 20 heavy (non-hydrogen) atoms. The Labute approximate surface area is 124 Å². The monoisotopic (exact) mass is 280 g/mol. The van der Waals surface area contributed by atoms with E-state index in [4.69, 9.17) is 0 Å². The van der Waals surface area contributed by atoms with Gasteiger partial charge in [-0.1, -0.05) is 20.8 Å². The Morgan fingerprint density at radius 2 is 1.85 bits per heavy atom. The molecule has 2 fully saturated rings. The highest BCUT2D eigenvalue weighted by Crippen LogP contribution is 2.65. The van der Waals surface area contributed by atoms with Crippen molar-refractivity contribution in [2.75, 3.05) is 0 Å². The minimum Gasteiger partial charge on any atom is -0.350 e. The number of carbonyl (C=O) groups is 1. The summed E-state index contributed by atoms with van der Waals surface area (Å²) in [5.74, 6) is 0.921. The first-order chi connectivity index (χ1) is 8.97. The van der Waals surface area contributed by atoms with Crippen molar-refractivity contribution in [3.8, 4) is 0 Å². The Morgan fingerprint density at radius 1 is 1.25 bits per heavy atom. The van der Waals surface area contributed by atoms with Crippen LogP contribution in [0.4, 0.5) is 0 Å². The lowest BCUT2D eigenvalue weighted by Crippen LogP contribution is -2.55. The average Bonchev–Trinajstić information content (AvgIpc) is 2.59. The molecule has 0 radical (unpaired) electrons. The Balaban J connectivity index is 2.00. The average molecular weight is 280 g/mol. The molecule has 0 aromatic rings. The van der Waals surface area contributed by atoms with Crippen LogP contribution in [-0.4, -0.2) is 23.5 Å². The van der Waals surface area contributed by atoms with Gasteiger partial charge in [-0.05, 0) is 63.7 Å². The molecule has 0 saturated heterocycles. The summed E-state index contributed by atoms with van der Waals surface area (Å²) in [6.45, 7) is 15.3. The zero-order valence-electron chi connectivity index (χ0n) is 14.3. The molecule has 2 bridgehead atoms. The topological polar surface area (TPSA) is 41.1 Å². The predicted octanol–water partition coefficient (Wildman–Crippen LogP) is 3.09. The molecule has 2 N–H and O–H groups in total. The van der Waals surface area contributed by atoms with Crippen LogP contribution in [0.3, 0.4) is 0 Å². The lowest BCUT2D eigenvalue weighted by Gasteiger charge is -2.40. The van der Waals surface area contributed by atoms with Crippen LogP contribution in [0.25, 0.3) is 0 Å². The van der Waals surface area contributed by atoms with Crippen molar-refractivity contribution in [3.05, 3.63) is 0 Å². The van der Waals surface area contributed by atoms with Crippen LogP contribution in [0, 0.1) is 16.7 Å². The van der Waals surface area contributed by atoms with Crippen LogP contribution in [0.2, 0.25) is 0 Å². The molecule has 0 aromatic heterocycles. The summed E-state index contributed by atoms with van der Waals surface area (Å²) in [6, 6.07) is 0.350. The van der Waals surface area contributed by atoms with E-state index in [2.05, 4.69) is 31.4 Å². The highest BCUT2D eigenvalue weighted by molar-refractivity contribution is 5.82. The second-order valence-electron chi connectivity index (χ2n) is 8.79. The molecule has 0 aliphatic heterocycles. The van der Waals surface area contributed by atoms with Crippen molar-refractivity contribution in [1.82, 2.24) is 10.6 Å². The molecule has 3 heteroatoms. The van der Waals surface area contributed by atoms with E-state index in [1.165, 1.54) is 19.3 Å². The van der Waals surface area contributed by atoms with Crippen molar-refractivity contribution in [2.45, 2.75) is 85.4 Å². The molecule has 4 unspecified atom stereocenters. The van der Waals surface area contributed by atoms with E-state index < -0.39 is 0 Å². The largest absolute Gasteiger partial charge is 0.350 e. The third kappa shape index (κ3) is 2.49. The molecule has 2 saturated carbocycles. The number of hydrogen-bond acceptors (Lipinski definition) is 2. The van der Waals surface area contributed by atoms with Gasteiger partial charge < -0.3 is 10.6 Å². The second-order valence-corrected chi connectivity index (χ2v) is 8.79. The first-order valence-corrected chi connectivity index (χ1v) is 8.05. The predicted molar refractivity (Wildman–Crippen MR) is 83.5 cm³/mol. The molecule has 3 nitrogen and oxygen atoms in total. The smallest absolute Gasteiger partial charge is 0.237 e. The van der Waals surface area contributed by atoms with E-state index in [1.807, 2.05) is 27.7 Å². The summed E-state index contributed by atoms with van der Waals surface area (Å²) in [4.78, 5) is 12.2. The Hall–Kier alpha value is -0.570. The first-order valence-electron chi connectivity index (χ1n) is 8.05. The van der Waals surface area contributed by atoms with Crippen LogP contribution < -0.4 is 10.6 Å². The Kier molecular flexibility index (Phi) is 3.73. The van der Waals surface area contributed by atoms with Crippen LogP contribution in [-0.2, 0) is 4.79 Å². The zero-order valence-corrected chi connectivity index (χ0v) is 14.3. The van der Waals surface area contributed by atoms with Crippen LogP contribution >= 0.6 is 0 Å². The van der Waals surface area contributed by atoms with Gasteiger partial charge in [-0.25, -0.2) is 0 Å². The van der Waals surface area contributed by atoms with Crippen molar-refractivity contribution in [3.63, 3.8) is 0 Å². The lowest BCUT2D eigenvalue weighted by atomic mass is 9.69. The van der Waals surface area contributed by atoms with Gasteiger partial charge in [0.25, 0.3) is 0 Å². The molecule has 2 aliphatic carbocycles. The van der Waals surface area contributed by atoms with Crippen LogP contribution in [0.5, 0.6) is 0 Å². The quantitative estimate of drug-likeness (QED) is 0.834. The van der Waals surface area contributed by atoms with E-state index in [9.17, 15) is 4.79 Å². The van der Waals surface area contributed by atoms with Gasteiger partial charge >= 0.3 is 0 Å². The molecule has 116 valence electrons. The Bertz CT molecular complexity index is 396. The summed E-state index contributed by atoms with van der Waals surface area (Å²) >= 11 is 0. The van der Waals surface area contributed by atoms with Crippen LogP contribution in [0.15, 0.2) is 0 Å². The fourth-order valence-electron chi connectivity index (χ4n) is 4.31. The highest BCUT2D eigenvalue weighted by Gasteiger charge is 2.61. The molecular formula is C17H32N2O. The molecule has 0 heterocycles. The van der Waals surface area contributed by atoms with Gasteiger partial charge in [-0.15, -0.1) is 0 Å². The number of hydrogen-bond donors (Lipinski definition) is 2. The third-order valence-corrected chi connectivity index (χ3v) is 6.14. The van der Waals surface area contributed by atoms with E-state index in [0.29, 0.717) is 16.9 Å². The van der Waals surface area contributed by atoms with Gasteiger partial charge in [0.05, 0.1) is 6.04 Å². The maximum atomic E-state index is 12.2. The van der Waals surface area contributed by atoms with Crippen molar-refractivity contribution in [2.24, 2.45) is 16.7 Å². The normalized spacial score (nSPS) is 37.0. The number of carbonyl (C=O) groups excluding carboxylic acids is 1. The van der Waals surface area contributed by atoms with Crippen molar-refractivity contribution in [1.29, 1.82) is 0 Å². The molecule has 1 amide bonds. The van der Waals surface area contributed by atoms with Crippen LogP contribution in [0.1, 0.15) is 67.7 Å². The lowest BCUT2D eigenvalue weighted by molar-refractivity contribution is -0.124. The van der Waals surface area contributed by atoms with E-state index in [1.54, 1.807) is 0 Å². The van der Waals surface area contributed by atoms with E-state index in [-0.39, 0.29) is 17.5 Å². The van der Waals surface area contributed by atoms with E-state index >= 15 is 0 Å². The molecule has 2 aliphatic rings. The third-order valence-electron chi connectivity index (χ3n) is 6.14. The van der Waals surface area contributed by atoms with Gasteiger partial charge in [0.15, 0.2) is 0 Å². The Morgan fingerprint density at radius 3 is 2.25 bits per heavy atom. The van der Waals surface area contributed by atoms with Gasteiger partial charge in [-0.3, -0.25) is 4.79 Å². The van der Waals surface area contributed by atoms with Gasteiger partial charge in [0.1, 0.15) is 0 Å². The number of nitrogens with one attached hydrogen (secondary N) is 2. The first kappa shape index (κ1) is 15.8. The van der Waals surface area contributed by atoms with Crippen molar-refractivity contribution < 1.29 is 4.79 Å². The summed E-state index contributed by atoms with van der Waals surface area (Å²) < 4.78 is 0. The fourth-order valence-corrected chi connectivity index (χ4v) is 4.31. The van der Waals surface area contributed by atoms with Gasteiger partial charge in [0.2, 0.25) is 5.91 Å². The highest BCUT2D eigenvalue weighted by atomic mass is 16.2. The summed E-state index contributed by atoms with van der Waals surface area (Å²) in [5, 5.41) is 6.69. The SMILES string of the molecule is CC(NC1CC2CCC1(C)C2(C)C)C(=O)NC(C)(C)C. The molecule has 0 aromatic carbocycles.